The van der Waals surface area contributed by atoms with Gasteiger partial charge in [0.25, 0.3) is 0 Å². The summed E-state index contributed by atoms with van der Waals surface area (Å²) in [4.78, 5) is 25.2. The zero-order valence-electron chi connectivity index (χ0n) is 13.2. The number of carboxylic acids is 1. The fraction of sp³-hybridized carbons (Fsp3) is 0.500. The Hall–Kier alpha value is -2.44. The second-order valence-corrected chi connectivity index (χ2v) is 5.46. The molecule has 126 valence electrons. The Balaban J connectivity index is 2.20. The first-order valence-corrected chi connectivity index (χ1v) is 7.44. The molecular weight excluding hydrogens is 302 g/mol. The van der Waals surface area contributed by atoms with Gasteiger partial charge in [0.05, 0.1) is 20.6 Å². The quantitative estimate of drug-likeness (QED) is 0.850. The third-order valence-corrected chi connectivity index (χ3v) is 4.00. The number of carbonyl (C=O) groups excluding carboxylic acids is 1. The number of piperidine rings is 1. The SMILES string of the molecule is COc1cc(CC(=O)N2CCCCC2C(=O)O)cc(OC)c1O. The van der Waals surface area contributed by atoms with Crippen LogP contribution in [0.2, 0.25) is 0 Å². The molecule has 0 bridgehead atoms. The van der Waals surface area contributed by atoms with Gasteiger partial charge in [0.2, 0.25) is 11.7 Å². The molecule has 0 aromatic heterocycles. The molecule has 0 saturated carbocycles. The van der Waals surface area contributed by atoms with E-state index in [1.807, 2.05) is 0 Å². The Kier molecular flexibility index (Phi) is 5.31. The number of hydrogen-bond acceptors (Lipinski definition) is 5. The van der Waals surface area contributed by atoms with Gasteiger partial charge in [-0.25, -0.2) is 4.79 Å². The van der Waals surface area contributed by atoms with Crippen molar-refractivity contribution in [1.29, 1.82) is 0 Å². The molecule has 1 aromatic carbocycles. The third-order valence-electron chi connectivity index (χ3n) is 4.00. The van der Waals surface area contributed by atoms with E-state index in [1.54, 1.807) is 12.1 Å². The molecule has 7 heteroatoms. The number of aliphatic carboxylic acids is 1. The van der Waals surface area contributed by atoms with Crippen LogP contribution in [0.1, 0.15) is 24.8 Å². The lowest BCUT2D eigenvalue weighted by Gasteiger charge is -2.33. The number of phenolic OH excluding ortho intramolecular Hbond substituents is 1. The molecule has 23 heavy (non-hydrogen) atoms. The molecule has 1 unspecified atom stereocenters. The highest BCUT2D eigenvalue weighted by molar-refractivity contribution is 5.85. The number of aromatic hydroxyl groups is 1. The van der Waals surface area contributed by atoms with Gasteiger partial charge < -0.3 is 24.6 Å². The summed E-state index contributed by atoms with van der Waals surface area (Å²) in [6.07, 6.45) is 2.11. The number of carbonyl (C=O) groups is 2. The van der Waals surface area contributed by atoms with Gasteiger partial charge in [0.15, 0.2) is 11.5 Å². The number of rotatable bonds is 5. The largest absolute Gasteiger partial charge is 0.502 e. The molecule has 0 spiro atoms. The van der Waals surface area contributed by atoms with Crippen LogP contribution in [0.3, 0.4) is 0 Å². The van der Waals surface area contributed by atoms with Crippen LogP contribution in [0, 0.1) is 0 Å². The minimum Gasteiger partial charge on any atom is -0.502 e. The molecule has 0 radical (unpaired) electrons. The van der Waals surface area contributed by atoms with Crippen LogP contribution in [0.15, 0.2) is 12.1 Å². The van der Waals surface area contributed by atoms with Crippen molar-refractivity contribution in [2.24, 2.45) is 0 Å². The first-order chi connectivity index (χ1) is 11.0. The summed E-state index contributed by atoms with van der Waals surface area (Å²) in [5, 5.41) is 19.1. The summed E-state index contributed by atoms with van der Waals surface area (Å²) >= 11 is 0. The van der Waals surface area contributed by atoms with Crippen molar-refractivity contribution < 1.29 is 29.3 Å². The van der Waals surface area contributed by atoms with Crippen molar-refractivity contribution in [3.05, 3.63) is 17.7 Å². The first kappa shape index (κ1) is 16.9. The van der Waals surface area contributed by atoms with Crippen molar-refractivity contribution in [2.75, 3.05) is 20.8 Å². The minimum atomic E-state index is -0.973. The highest BCUT2D eigenvalue weighted by atomic mass is 16.5. The van der Waals surface area contributed by atoms with Crippen LogP contribution in [0.5, 0.6) is 17.2 Å². The first-order valence-electron chi connectivity index (χ1n) is 7.44. The third kappa shape index (κ3) is 3.67. The smallest absolute Gasteiger partial charge is 0.326 e. The zero-order chi connectivity index (χ0) is 17.0. The highest BCUT2D eigenvalue weighted by Crippen LogP contribution is 2.37. The van der Waals surface area contributed by atoms with Crippen LogP contribution in [0.4, 0.5) is 0 Å². The monoisotopic (exact) mass is 323 g/mol. The van der Waals surface area contributed by atoms with Crippen molar-refractivity contribution >= 4 is 11.9 Å². The van der Waals surface area contributed by atoms with Gasteiger partial charge in [-0.3, -0.25) is 4.79 Å². The maximum absolute atomic E-state index is 12.5. The van der Waals surface area contributed by atoms with Crippen LogP contribution in [0.25, 0.3) is 0 Å². The van der Waals surface area contributed by atoms with Crippen LogP contribution < -0.4 is 9.47 Å². The normalized spacial score (nSPS) is 17.7. The van der Waals surface area contributed by atoms with E-state index in [0.717, 1.165) is 12.8 Å². The maximum Gasteiger partial charge on any atom is 0.326 e. The average Bonchev–Trinajstić information content (AvgIpc) is 2.56. The summed E-state index contributed by atoms with van der Waals surface area (Å²) in [6.45, 7) is 0.447. The van der Waals surface area contributed by atoms with Crippen molar-refractivity contribution in [3.8, 4) is 17.2 Å². The van der Waals surface area contributed by atoms with Crippen LogP contribution in [-0.2, 0) is 16.0 Å². The fourth-order valence-electron chi connectivity index (χ4n) is 2.81. The molecule has 0 aliphatic carbocycles. The molecular formula is C16H21NO6. The van der Waals surface area contributed by atoms with Gasteiger partial charge in [-0.15, -0.1) is 0 Å². The van der Waals surface area contributed by atoms with Gasteiger partial charge in [0, 0.05) is 6.54 Å². The predicted molar refractivity (Wildman–Crippen MR) is 81.9 cm³/mol. The molecule has 1 aliphatic rings. The zero-order valence-corrected chi connectivity index (χ0v) is 13.2. The molecule has 1 saturated heterocycles. The lowest BCUT2D eigenvalue weighted by atomic mass is 10.0. The number of amides is 1. The average molecular weight is 323 g/mol. The van der Waals surface area contributed by atoms with E-state index < -0.39 is 12.0 Å². The molecule has 1 atom stereocenters. The van der Waals surface area contributed by atoms with Gasteiger partial charge in [-0.2, -0.15) is 0 Å². The van der Waals surface area contributed by atoms with E-state index in [9.17, 15) is 19.8 Å². The van der Waals surface area contributed by atoms with E-state index in [2.05, 4.69) is 0 Å². The maximum atomic E-state index is 12.5. The number of phenols is 1. The second-order valence-electron chi connectivity index (χ2n) is 5.46. The predicted octanol–water partition coefficient (Wildman–Crippen LogP) is 1.42. The molecule has 1 amide bonds. The van der Waals surface area contributed by atoms with Crippen molar-refractivity contribution in [1.82, 2.24) is 4.90 Å². The fourth-order valence-corrected chi connectivity index (χ4v) is 2.81. The summed E-state index contributed by atoms with van der Waals surface area (Å²) in [5.74, 6) is -0.945. The number of likely N-dealkylation sites (tertiary alicyclic amines) is 1. The molecule has 1 heterocycles. The summed E-state index contributed by atoms with van der Waals surface area (Å²) in [6, 6.07) is 2.34. The lowest BCUT2D eigenvalue weighted by Crippen LogP contribution is -2.48. The van der Waals surface area contributed by atoms with E-state index in [-0.39, 0.29) is 29.6 Å². The standard InChI is InChI=1S/C16H21NO6/c1-22-12-7-10(8-13(23-2)15(12)19)9-14(18)17-6-4-3-5-11(17)16(20)21/h7-8,11,19H,3-6,9H2,1-2H3,(H,20,21). The Labute approximate surface area is 134 Å². The number of methoxy groups -OCH3 is 2. The van der Waals surface area contributed by atoms with Crippen LogP contribution in [-0.4, -0.2) is 53.8 Å². The van der Waals surface area contributed by atoms with E-state index >= 15 is 0 Å². The summed E-state index contributed by atoms with van der Waals surface area (Å²) in [5.41, 5.74) is 0.594. The Bertz CT molecular complexity index is 575. The molecule has 1 fully saturated rings. The van der Waals surface area contributed by atoms with E-state index in [1.165, 1.54) is 19.1 Å². The topological polar surface area (TPSA) is 96.3 Å². The number of nitrogens with zero attached hydrogens (tertiary/aromatic N) is 1. The van der Waals surface area contributed by atoms with Gasteiger partial charge in [-0.1, -0.05) is 0 Å². The lowest BCUT2D eigenvalue weighted by molar-refractivity contribution is -0.151. The van der Waals surface area contributed by atoms with Gasteiger partial charge in [0.1, 0.15) is 6.04 Å². The Morgan fingerprint density at radius 2 is 1.83 bits per heavy atom. The molecule has 1 aliphatic heterocycles. The number of carboxylic acid groups (broad SMARTS) is 1. The van der Waals surface area contributed by atoms with Crippen LogP contribution >= 0.6 is 0 Å². The number of benzene rings is 1. The number of hydrogen-bond donors (Lipinski definition) is 2. The second kappa shape index (κ2) is 7.21. The van der Waals surface area contributed by atoms with Crippen molar-refractivity contribution in [3.63, 3.8) is 0 Å². The van der Waals surface area contributed by atoms with Crippen molar-refractivity contribution in [2.45, 2.75) is 31.7 Å². The summed E-state index contributed by atoms with van der Waals surface area (Å²) in [7, 11) is 2.82. The van der Waals surface area contributed by atoms with Gasteiger partial charge >= 0.3 is 5.97 Å². The molecule has 2 N–H and O–H groups in total. The number of ether oxygens (including phenoxy) is 2. The molecule has 2 rings (SSSR count). The van der Waals surface area contributed by atoms with E-state index in [4.69, 9.17) is 9.47 Å². The highest BCUT2D eigenvalue weighted by Gasteiger charge is 2.31. The molecule has 7 nitrogen and oxygen atoms in total. The molecule has 1 aromatic rings. The summed E-state index contributed by atoms with van der Waals surface area (Å²) < 4.78 is 10.1. The Morgan fingerprint density at radius 1 is 1.22 bits per heavy atom. The van der Waals surface area contributed by atoms with E-state index in [0.29, 0.717) is 18.5 Å². The Morgan fingerprint density at radius 3 is 2.35 bits per heavy atom. The van der Waals surface area contributed by atoms with Gasteiger partial charge in [-0.05, 0) is 37.0 Å². The minimum absolute atomic E-state index is 0.0246.